The van der Waals surface area contributed by atoms with Crippen LogP contribution in [0.15, 0.2) is 53.6 Å². The van der Waals surface area contributed by atoms with Crippen LogP contribution >= 0.6 is 0 Å². The van der Waals surface area contributed by atoms with Gasteiger partial charge in [0.25, 0.3) is 11.5 Å². The van der Waals surface area contributed by atoms with E-state index >= 15 is 0 Å². The molecule has 0 aliphatic rings. The molecule has 0 saturated carbocycles. The lowest BCUT2D eigenvalue weighted by Gasteiger charge is -2.05. The Bertz CT molecular complexity index is 1360. The topological polar surface area (TPSA) is 93.8 Å². The molecule has 8 nitrogen and oxygen atoms in total. The van der Waals surface area contributed by atoms with Gasteiger partial charge in [-0.25, -0.2) is 14.1 Å². The second-order valence-electron chi connectivity index (χ2n) is 6.33. The van der Waals surface area contributed by atoms with Crippen LogP contribution in [0.3, 0.4) is 0 Å². The number of rotatable bonds is 2. The van der Waals surface area contributed by atoms with Crippen molar-refractivity contribution in [1.29, 1.82) is 0 Å². The van der Waals surface area contributed by atoms with Crippen molar-refractivity contribution in [1.82, 2.24) is 34.3 Å². The molecule has 27 heavy (non-hydrogen) atoms. The number of nitrogens with one attached hydrogen (secondary N) is 1. The Morgan fingerprint density at radius 2 is 1.89 bits per heavy atom. The van der Waals surface area contributed by atoms with Gasteiger partial charge in [-0.05, 0) is 25.5 Å². The van der Waals surface area contributed by atoms with E-state index in [1.54, 1.807) is 23.8 Å². The van der Waals surface area contributed by atoms with Gasteiger partial charge in [0.2, 0.25) is 0 Å². The van der Waals surface area contributed by atoms with Crippen LogP contribution in [-0.2, 0) is 0 Å². The van der Waals surface area contributed by atoms with Crippen LogP contribution < -0.4 is 5.56 Å². The number of aromatic amines is 1. The first-order valence-electron chi connectivity index (χ1n) is 8.48. The molecule has 4 heterocycles. The molecular weight excluding hydrogens is 342 g/mol. The van der Waals surface area contributed by atoms with Gasteiger partial charge in [-0.3, -0.25) is 9.89 Å². The van der Waals surface area contributed by atoms with E-state index in [2.05, 4.69) is 25.3 Å². The van der Waals surface area contributed by atoms with E-state index in [0.29, 0.717) is 22.7 Å². The summed E-state index contributed by atoms with van der Waals surface area (Å²) in [5, 5.41) is 11.9. The first-order valence-corrected chi connectivity index (χ1v) is 8.48. The van der Waals surface area contributed by atoms with Gasteiger partial charge in [0.15, 0.2) is 5.65 Å². The number of aryl methyl sites for hydroxylation is 2. The molecule has 5 aromatic rings. The van der Waals surface area contributed by atoms with E-state index in [1.165, 1.54) is 4.57 Å². The lowest BCUT2D eigenvalue weighted by molar-refractivity contribution is 0.892. The molecule has 0 atom stereocenters. The summed E-state index contributed by atoms with van der Waals surface area (Å²) in [5.41, 5.74) is 4.04. The maximum absolute atomic E-state index is 12.9. The second kappa shape index (κ2) is 5.60. The fourth-order valence-electron chi connectivity index (χ4n) is 3.31. The number of H-pyrrole nitrogens is 1. The molecule has 1 aromatic carbocycles. The number of hydrogen-bond donors (Lipinski definition) is 1. The van der Waals surface area contributed by atoms with Gasteiger partial charge < -0.3 is 0 Å². The molecule has 0 spiro atoms. The molecule has 0 radical (unpaired) electrons. The monoisotopic (exact) mass is 357 g/mol. The Morgan fingerprint density at radius 3 is 2.63 bits per heavy atom. The number of hydrogen-bond acceptors (Lipinski definition) is 5. The van der Waals surface area contributed by atoms with Crippen LogP contribution in [0, 0.1) is 13.8 Å². The second-order valence-corrected chi connectivity index (χ2v) is 6.33. The first kappa shape index (κ1) is 15.4. The van der Waals surface area contributed by atoms with Crippen LogP contribution in [0.2, 0.25) is 0 Å². The van der Waals surface area contributed by atoms with E-state index in [9.17, 15) is 4.79 Å². The molecular formula is C19H15N7O. The van der Waals surface area contributed by atoms with Crippen molar-refractivity contribution in [2.75, 3.05) is 0 Å². The number of aromatic nitrogens is 7. The maximum Gasteiger partial charge on any atom is 0.268 e. The van der Waals surface area contributed by atoms with Crippen molar-refractivity contribution in [2.45, 2.75) is 13.8 Å². The number of pyridine rings is 1. The van der Waals surface area contributed by atoms with E-state index in [1.807, 2.05) is 43.3 Å². The lowest BCUT2D eigenvalue weighted by Crippen LogP contribution is -2.20. The van der Waals surface area contributed by atoms with E-state index < -0.39 is 0 Å². The fourth-order valence-corrected chi connectivity index (χ4v) is 3.31. The molecule has 0 unspecified atom stereocenters. The highest BCUT2D eigenvalue weighted by Crippen LogP contribution is 2.28. The third-order valence-electron chi connectivity index (χ3n) is 4.55. The highest BCUT2D eigenvalue weighted by Gasteiger charge is 2.17. The number of nitrogens with zero attached hydrogens (tertiary/aromatic N) is 6. The summed E-state index contributed by atoms with van der Waals surface area (Å²) in [5.74, 6) is 0.946. The Kier molecular flexibility index (Phi) is 3.20. The Hall–Kier alpha value is -3.81. The molecule has 0 fully saturated rings. The van der Waals surface area contributed by atoms with Crippen molar-refractivity contribution >= 4 is 16.6 Å². The van der Waals surface area contributed by atoms with Gasteiger partial charge in [-0.2, -0.15) is 10.1 Å². The largest absolute Gasteiger partial charge is 0.268 e. The summed E-state index contributed by atoms with van der Waals surface area (Å²) in [6, 6.07) is 11.8. The zero-order valence-electron chi connectivity index (χ0n) is 14.7. The minimum absolute atomic E-state index is 0.240. The maximum atomic E-state index is 12.9. The van der Waals surface area contributed by atoms with Gasteiger partial charge >= 0.3 is 0 Å². The van der Waals surface area contributed by atoms with Gasteiger partial charge in [-0.1, -0.05) is 30.3 Å². The number of benzene rings is 1. The number of fused-ring (bicyclic) bond motifs is 3. The quantitative estimate of drug-likeness (QED) is 0.524. The molecule has 0 aliphatic carbocycles. The van der Waals surface area contributed by atoms with E-state index in [-0.39, 0.29) is 5.56 Å². The Balaban J connectivity index is 1.80. The van der Waals surface area contributed by atoms with E-state index in [4.69, 9.17) is 0 Å². The molecule has 4 aromatic heterocycles. The molecule has 8 heteroatoms. The zero-order valence-corrected chi connectivity index (χ0v) is 14.7. The van der Waals surface area contributed by atoms with Crippen LogP contribution in [0.4, 0.5) is 0 Å². The summed E-state index contributed by atoms with van der Waals surface area (Å²) < 4.78 is 3.12. The van der Waals surface area contributed by atoms with Gasteiger partial charge in [0, 0.05) is 18.0 Å². The highest BCUT2D eigenvalue weighted by atomic mass is 16.1. The van der Waals surface area contributed by atoms with Crippen LogP contribution in [0.25, 0.3) is 33.6 Å². The Labute approximate surface area is 153 Å². The van der Waals surface area contributed by atoms with Crippen molar-refractivity contribution in [2.24, 2.45) is 0 Å². The van der Waals surface area contributed by atoms with Crippen molar-refractivity contribution in [3.8, 4) is 17.1 Å². The summed E-state index contributed by atoms with van der Waals surface area (Å²) in [4.78, 5) is 21.7. The predicted molar refractivity (Wildman–Crippen MR) is 101 cm³/mol. The lowest BCUT2D eigenvalue weighted by atomic mass is 10.1. The standard InChI is InChI=1S/C19H15N7O/c1-11-16(13-6-4-3-5-7-13)17-20-10-14-15(26(17)24-11)8-9-25(18(14)27)19-21-12(2)22-23-19/h3-10H,1-2H3,(H,21,22,23). The minimum Gasteiger partial charge on any atom is -0.268 e. The van der Waals surface area contributed by atoms with Crippen LogP contribution in [-0.4, -0.2) is 34.3 Å². The molecule has 1 N–H and O–H groups in total. The molecule has 5 rings (SSSR count). The third-order valence-corrected chi connectivity index (χ3v) is 4.55. The Morgan fingerprint density at radius 1 is 1.07 bits per heavy atom. The first-order chi connectivity index (χ1) is 13.1. The zero-order chi connectivity index (χ0) is 18.5. The highest BCUT2D eigenvalue weighted by molar-refractivity contribution is 5.86. The smallest absolute Gasteiger partial charge is 0.268 e. The summed E-state index contributed by atoms with van der Waals surface area (Å²) in [6.45, 7) is 3.73. The van der Waals surface area contributed by atoms with Gasteiger partial charge in [0.1, 0.15) is 5.82 Å². The SMILES string of the molecule is Cc1nc(-n2ccc3c(cnc4c(-c5ccccc5)c(C)nn43)c2=O)n[nH]1. The molecule has 0 saturated heterocycles. The van der Waals surface area contributed by atoms with Gasteiger partial charge in [0.05, 0.1) is 16.6 Å². The molecule has 0 bridgehead atoms. The normalized spacial score (nSPS) is 11.5. The predicted octanol–water partition coefficient (Wildman–Crippen LogP) is 2.44. The minimum atomic E-state index is -0.240. The average molecular weight is 357 g/mol. The van der Waals surface area contributed by atoms with Crippen LogP contribution in [0.5, 0.6) is 0 Å². The van der Waals surface area contributed by atoms with Crippen LogP contribution in [0.1, 0.15) is 11.5 Å². The molecule has 0 amide bonds. The fraction of sp³-hybridized carbons (Fsp3) is 0.105. The third kappa shape index (κ3) is 2.27. The molecule has 0 aliphatic heterocycles. The van der Waals surface area contributed by atoms with Gasteiger partial charge in [-0.15, -0.1) is 5.10 Å². The van der Waals surface area contributed by atoms with E-state index in [0.717, 1.165) is 22.5 Å². The summed E-state index contributed by atoms with van der Waals surface area (Å²) in [6.07, 6.45) is 3.25. The molecule has 132 valence electrons. The van der Waals surface area contributed by atoms with Crippen molar-refractivity contribution in [3.63, 3.8) is 0 Å². The average Bonchev–Trinajstić information content (AvgIpc) is 3.25. The van der Waals surface area contributed by atoms with Crippen molar-refractivity contribution in [3.05, 3.63) is 70.7 Å². The summed E-state index contributed by atoms with van der Waals surface area (Å²) in [7, 11) is 0. The van der Waals surface area contributed by atoms with Crippen molar-refractivity contribution < 1.29 is 0 Å². The summed E-state index contributed by atoms with van der Waals surface area (Å²) >= 11 is 0.